The highest BCUT2D eigenvalue weighted by Gasteiger charge is 2.25. The van der Waals surface area contributed by atoms with Gasteiger partial charge in [0.15, 0.2) is 0 Å². The van der Waals surface area contributed by atoms with Crippen LogP contribution in [-0.4, -0.2) is 0 Å². The Morgan fingerprint density at radius 2 is 2.17 bits per heavy atom. The number of rotatable bonds is 0. The number of fused-ring (bicyclic) bond motifs is 1. The Bertz CT molecular complexity index is 232. The first-order chi connectivity index (χ1) is 5.77. The molecule has 2 aliphatic rings. The Morgan fingerprint density at radius 3 is 3.00 bits per heavy atom. The van der Waals surface area contributed by atoms with E-state index < -0.39 is 0 Å². The zero-order valence-electron chi connectivity index (χ0n) is 8.14. The quantitative estimate of drug-likeness (QED) is 0.509. The highest BCUT2D eigenvalue weighted by atomic mass is 14.3. The molecule has 0 saturated heterocycles. The van der Waals surface area contributed by atoms with Gasteiger partial charge >= 0.3 is 0 Å². The van der Waals surface area contributed by atoms with Gasteiger partial charge in [0, 0.05) is 0 Å². The van der Waals surface area contributed by atoms with Gasteiger partial charge in [-0.05, 0) is 50.0 Å². The van der Waals surface area contributed by atoms with Gasteiger partial charge in [-0.2, -0.15) is 0 Å². The Kier molecular flexibility index (Phi) is 2.08. The molecule has 0 amide bonds. The van der Waals surface area contributed by atoms with Gasteiger partial charge in [0.05, 0.1) is 0 Å². The molecule has 0 N–H and O–H groups in total. The number of hydrogen-bond donors (Lipinski definition) is 0. The molecule has 0 bridgehead atoms. The molecule has 0 nitrogen and oxygen atoms in total. The minimum atomic E-state index is 0.891. The van der Waals surface area contributed by atoms with Crippen LogP contribution in [0.5, 0.6) is 0 Å². The lowest BCUT2D eigenvalue weighted by molar-refractivity contribution is 0.346. The van der Waals surface area contributed by atoms with E-state index in [0.717, 1.165) is 11.8 Å². The van der Waals surface area contributed by atoms with E-state index in [1.54, 1.807) is 11.1 Å². The van der Waals surface area contributed by atoms with Crippen molar-refractivity contribution >= 4 is 0 Å². The first-order valence-corrected chi connectivity index (χ1v) is 5.14. The molecule has 0 aromatic carbocycles. The Labute approximate surface area is 75.4 Å². The standard InChI is InChI=1S/C12H18/c1-9-6-7-12-10(2)4-3-5-11(12)8-9/h5,8,10,12H,3-4,6-7H2,1-2H3/t10-,12-/m0/s1. The molecular weight excluding hydrogens is 144 g/mol. The molecule has 0 aromatic rings. The van der Waals surface area contributed by atoms with Gasteiger partial charge < -0.3 is 0 Å². The fourth-order valence-electron chi connectivity index (χ4n) is 2.55. The normalized spacial score (nSPS) is 35.2. The number of hydrogen-bond acceptors (Lipinski definition) is 0. The number of allylic oxidation sites excluding steroid dienone is 4. The summed E-state index contributed by atoms with van der Waals surface area (Å²) in [7, 11) is 0. The average molecular weight is 162 g/mol. The van der Waals surface area contributed by atoms with Crippen LogP contribution in [0.25, 0.3) is 0 Å². The van der Waals surface area contributed by atoms with Crippen LogP contribution in [0.4, 0.5) is 0 Å². The van der Waals surface area contributed by atoms with E-state index in [2.05, 4.69) is 26.0 Å². The molecule has 0 saturated carbocycles. The van der Waals surface area contributed by atoms with Crippen molar-refractivity contribution in [2.24, 2.45) is 11.8 Å². The Morgan fingerprint density at radius 1 is 1.33 bits per heavy atom. The average Bonchev–Trinajstić information content (AvgIpc) is 2.04. The summed E-state index contributed by atoms with van der Waals surface area (Å²) in [6.45, 7) is 4.67. The molecule has 12 heavy (non-hydrogen) atoms. The molecule has 0 spiro atoms. The second-order valence-electron chi connectivity index (χ2n) is 4.39. The fourth-order valence-corrected chi connectivity index (χ4v) is 2.55. The van der Waals surface area contributed by atoms with E-state index in [0.29, 0.717) is 0 Å². The summed E-state index contributed by atoms with van der Waals surface area (Å²) in [6.07, 6.45) is 10.3. The lowest BCUT2D eigenvalue weighted by atomic mass is 9.73. The minimum Gasteiger partial charge on any atom is -0.0810 e. The molecular formula is C12H18. The van der Waals surface area contributed by atoms with Crippen LogP contribution < -0.4 is 0 Å². The van der Waals surface area contributed by atoms with Gasteiger partial charge in [-0.1, -0.05) is 24.6 Å². The molecule has 2 aliphatic carbocycles. The molecule has 0 radical (unpaired) electrons. The van der Waals surface area contributed by atoms with Crippen molar-refractivity contribution in [1.82, 2.24) is 0 Å². The Balaban J connectivity index is 2.25. The highest BCUT2D eigenvalue weighted by molar-refractivity contribution is 5.30. The lowest BCUT2D eigenvalue weighted by Crippen LogP contribution is -2.19. The van der Waals surface area contributed by atoms with Gasteiger partial charge in [0.1, 0.15) is 0 Å². The fraction of sp³-hybridized carbons (Fsp3) is 0.667. The summed E-state index contributed by atoms with van der Waals surface area (Å²) in [5.41, 5.74) is 3.21. The van der Waals surface area contributed by atoms with Crippen molar-refractivity contribution in [2.75, 3.05) is 0 Å². The van der Waals surface area contributed by atoms with Crippen LogP contribution in [0.3, 0.4) is 0 Å². The van der Waals surface area contributed by atoms with Crippen molar-refractivity contribution in [1.29, 1.82) is 0 Å². The van der Waals surface area contributed by atoms with Crippen LogP contribution in [0.1, 0.15) is 39.5 Å². The topological polar surface area (TPSA) is 0 Å². The predicted molar refractivity (Wildman–Crippen MR) is 53.0 cm³/mol. The summed E-state index contributed by atoms with van der Waals surface area (Å²) >= 11 is 0. The maximum atomic E-state index is 2.45. The Hall–Kier alpha value is -0.520. The summed E-state index contributed by atoms with van der Waals surface area (Å²) in [6, 6.07) is 0. The third-order valence-corrected chi connectivity index (χ3v) is 3.38. The summed E-state index contributed by atoms with van der Waals surface area (Å²) < 4.78 is 0. The molecule has 2 rings (SSSR count). The van der Waals surface area contributed by atoms with Crippen molar-refractivity contribution in [3.63, 3.8) is 0 Å². The van der Waals surface area contributed by atoms with E-state index in [1.807, 2.05) is 0 Å². The zero-order chi connectivity index (χ0) is 8.55. The molecule has 0 aromatic heterocycles. The van der Waals surface area contributed by atoms with E-state index in [4.69, 9.17) is 0 Å². The van der Waals surface area contributed by atoms with Gasteiger partial charge in [0.2, 0.25) is 0 Å². The van der Waals surface area contributed by atoms with Gasteiger partial charge in [-0.15, -0.1) is 0 Å². The van der Waals surface area contributed by atoms with Crippen molar-refractivity contribution < 1.29 is 0 Å². The minimum absolute atomic E-state index is 0.891. The maximum Gasteiger partial charge on any atom is -0.0136 e. The summed E-state index contributed by atoms with van der Waals surface area (Å²) in [4.78, 5) is 0. The van der Waals surface area contributed by atoms with Crippen LogP contribution in [0, 0.1) is 11.8 Å². The molecule has 0 heterocycles. The smallest absolute Gasteiger partial charge is 0.0136 e. The van der Waals surface area contributed by atoms with Gasteiger partial charge in [0.25, 0.3) is 0 Å². The van der Waals surface area contributed by atoms with E-state index in [-0.39, 0.29) is 0 Å². The van der Waals surface area contributed by atoms with Crippen LogP contribution in [0.15, 0.2) is 23.3 Å². The molecule has 0 heteroatoms. The van der Waals surface area contributed by atoms with Crippen LogP contribution in [0.2, 0.25) is 0 Å². The second kappa shape index (κ2) is 3.08. The first kappa shape index (κ1) is 8.10. The third-order valence-electron chi connectivity index (χ3n) is 3.38. The van der Waals surface area contributed by atoms with Crippen molar-refractivity contribution in [2.45, 2.75) is 39.5 Å². The monoisotopic (exact) mass is 162 g/mol. The van der Waals surface area contributed by atoms with Crippen LogP contribution >= 0.6 is 0 Å². The van der Waals surface area contributed by atoms with Gasteiger partial charge in [-0.25, -0.2) is 0 Å². The zero-order valence-corrected chi connectivity index (χ0v) is 8.14. The molecule has 2 atom stereocenters. The molecule has 66 valence electrons. The van der Waals surface area contributed by atoms with Crippen LogP contribution in [-0.2, 0) is 0 Å². The van der Waals surface area contributed by atoms with Crippen molar-refractivity contribution in [3.05, 3.63) is 23.3 Å². The molecule has 0 aliphatic heterocycles. The lowest BCUT2D eigenvalue weighted by Gasteiger charge is -2.32. The predicted octanol–water partition coefficient (Wildman–Crippen LogP) is 3.70. The van der Waals surface area contributed by atoms with E-state index >= 15 is 0 Å². The second-order valence-corrected chi connectivity index (χ2v) is 4.39. The largest absolute Gasteiger partial charge is 0.0810 e. The molecule has 0 unspecified atom stereocenters. The summed E-state index contributed by atoms with van der Waals surface area (Å²) in [5, 5.41) is 0. The first-order valence-electron chi connectivity index (χ1n) is 5.14. The highest BCUT2D eigenvalue weighted by Crippen LogP contribution is 2.38. The third kappa shape index (κ3) is 1.35. The SMILES string of the molecule is CC1=CC2=CCC[C@H](C)[C@@H]2CC1. The summed E-state index contributed by atoms with van der Waals surface area (Å²) in [5.74, 6) is 1.82. The van der Waals surface area contributed by atoms with Gasteiger partial charge in [-0.3, -0.25) is 0 Å². The molecule has 0 fully saturated rings. The van der Waals surface area contributed by atoms with E-state index in [9.17, 15) is 0 Å². The van der Waals surface area contributed by atoms with Crippen molar-refractivity contribution in [3.8, 4) is 0 Å². The maximum absolute atomic E-state index is 2.45. The van der Waals surface area contributed by atoms with E-state index in [1.165, 1.54) is 25.7 Å².